The molecule has 0 unspecified atom stereocenters. The van der Waals surface area contributed by atoms with Gasteiger partial charge in [-0.15, -0.1) is 0 Å². The van der Waals surface area contributed by atoms with Gasteiger partial charge in [0.15, 0.2) is 5.82 Å². The predicted octanol–water partition coefficient (Wildman–Crippen LogP) is 4.35. The molecule has 2 heterocycles. The number of nitrogens with two attached hydrogens (primary N) is 1. The summed E-state index contributed by atoms with van der Waals surface area (Å²) in [6.45, 7) is 6.77. The Kier molecular flexibility index (Phi) is 4.72. The number of imidazole rings is 1. The first-order valence-electron chi connectivity index (χ1n) is 8.98. The van der Waals surface area contributed by atoms with Gasteiger partial charge >= 0.3 is 0 Å². The van der Waals surface area contributed by atoms with E-state index in [1.807, 2.05) is 42.0 Å². The second-order valence-electron chi connectivity index (χ2n) is 6.82. The number of nitrogen functional groups attached to an aromatic ring is 1. The van der Waals surface area contributed by atoms with Gasteiger partial charge in [-0.1, -0.05) is 24.8 Å². The molecule has 146 valence electrons. The number of halogens is 2. The van der Waals surface area contributed by atoms with Gasteiger partial charge in [0.2, 0.25) is 0 Å². The molecule has 0 aliphatic rings. The average molecular weight is 391 g/mol. The van der Waals surface area contributed by atoms with E-state index in [4.69, 9.17) is 5.73 Å². The molecule has 0 spiro atoms. The van der Waals surface area contributed by atoms with Crippen molar-refractivity contribution < 1.29 is 8.78 Å². The molecule has 0 saturated carbocycles. The third-order valence-electron chi connectivity index (χ3n) is 4.67. The number of anilines is 1. The summed E-state index contributed by atoms with van der Waals surface area (Å²) < 4.78 is 30.6. The molecule has 4 rings (SSSR count). The lowest BCUT2D eigenvalue weighted by molar-refractivity contribution is 0.574. The van der Waals surface area contributed by atoms with Gasteiger partial charge in [-0.2, -0.15) is 5.10 Å². The van der Waals surface area contributed by atoms with Gasteiger partial charge in [0.05, 0.1) is 18.2 Å². The summed E-state index contributed by atoms with van der Waals surface area (Å²) >= 11 is 0. The van der Waals surface area contributed by atoms with E-state index in [0.717, 1.165) is 29.0 Å². The molecule has 0 saturated heterocycles. The van der Waals surface area contributed by atoms with Gasteiger partial charge in [0.25, 0.3) is 0 Å². The van der Waals surface area contributed by atoms with Gasteiger partial charge < -0.3 is 10.3 Å². The van der Waals surface area contributed by atoms with Crippen molar-refractivity contribution in [1.29, 1.82) is 0 Å². The van der Waals surface area contributed by atoms with Crippen LogP contribution < -0.4 is 5.73 Å². The van der Waals surface area contributed by atoms with Crippen molar-refractivity contribution in [3.05, 3.63) is 102 Å². The summed E-state index contributed by atoms with van der Waals surface area (Å²) in [5, 5.41) is 4.17. The molecule has 29 heavy (non-hydrogen) atoms. The van der Waals surface area contributed by atoms with Crippen molar-refractivity contribution in [3.8, 4) is 5.69 Å². The van der Waals surface area contributed by atoms with Crippen LogP contribution in [0.3, 0.4) is 0 Å². The van der Waals surface area contributed by atoms with Crippen molar-refractivity contribution in [3.63, 3.8) is 0 Å². The SMILES string of the molecule is C=C(c1cccc(Cn2cnc(C)c2)c1)c1cnn(-c2ccc(F)cc2F)c1N. The Bertz CT molecular complexity index is 1210. The Morgan fingerprint density at radius 3 is 2.72 bits per heavy atom. The average Bonchev–Trinajstić information content (AvgIpc) is 3.27. The molecule has 2 N–H and O–H groups in total. The van der Waals surface area contributed by atoms with Crippen LogP contribution in [0.1, 0.15) is 22.4 Å². The highest BCUT2D eigenvalue weighted by Gasteiger charge is 2.16. The maximum absolute atomic E-state index is 14.1. The van der Waals surface area contributed by atoms with Crippen LogP contribution in [0.25, 0.3) is 11.3 Å². The quantitative estimate of drug-likeness (QED) is 0.550. The second-order valence-corrected chi connectivity index (χ2v) is 6.82. The van der Waals surface area contributed by atoms with Gasteiger partial charge in [-0.05, 0) is 41.8 Å². The minimum Gasteiger partial charge on any atom is -0.383 e. The van der Waals surface area contributed by atoms with Crippen LogP contribution in [-0.2, 0) is 6.54 Å². The summed E-state index contributed by atoms with van der Waals surface area (Å²) in [4.78, 5) is 4.24. The summed E-state index contributed by atoms with van der Waals surface area (Å²) in [5.41, 5.74) is 10.5. The van der Waals surface area contributed by atoms with Crippen molar-refractivity contribution in [1.82, 2.24) is 19.3 Å². The first kappa shape index (κ1) is 18.6. The van der Waals surface area contributed by atoms with E-state index < -0.39 is 11.6 Å². The van der Waals surface area contributed by atoms with Crippen LogP contribution in [0.4, 0.5) is 14.6 Å². The third-order valence-corrected chi connectivity index (χ3v) is 4.67. The Morgan fingerprint density at radius 1 is 1.17 bits per heavy atom. The topological polar surface area (TPSA) is 61.7 Å². The molecule has 0 amide bonds. The van der Waals surface area contributed by atoms with Crippen molar-refractivity contribution in [2.75, 3.05) is 5.73 Å². The zero-order valence-electron chi connectivity index (χ0n) is 15.8. The van der Waals surface area contributed by atoms with E-state index in [-0.39, 0.29) is 11.5 Å². The Balaban J connectivity index is 1.63. The maximum Gasteiger partial charge on any atom is 0.151 e. The zero-order valence-corrected chi connectivity index (χ0v) is 15.8. The highest BCUT2D eigenvalue weighted by Crippen LogP contribution is 2.29. The van der Waals surface area contributed by atoms with Gasteiger partial charge in [0, 0.05) is 24.4 Å². The second kappa shape index (κ2) is 7.35. The van der Waals surface area contributed by atoms with Crippen LogP contribution in [0.15, 0.2) is 67.8 Å². The fourth-order valence-corrected chi connectivity index (χ4v) is 3.22. The Labute approximate surface area is 166 Å². The number of aryl methyl sites for hydroxylation is 1. The van der Waals surface area contributed by atoms with Crippen LogP contribution in [0.2, 0.25) is 0 Å². The lowest BCUT2D eigenvalue weighted by Gasteiger charge is -2.10. The normalized spacial score (nSPS) is 11.0. The monoisotopic (exact) mass is 391 g/mol. The molecular weight excluding hydrogens is 372 g/mol. The van der Waals surface area contributed by atoms with E-state index in [0.29, 0.717) is 17.7 Å². The van der Waals surface area contributed by atoms with Crippen molar-refractivity contribution >= 4 is 11.4 Å². The van der Waals surface area contributed by atoms with Crippen molar-refractivity contribution in [2.45, 2.75) is 13.5 Å². The molecular formula is C22H19F2N5. The van der Waals surface area contributed by atoms with E-state index in [1.165, 1.54) is 16.9 Å². The number of hydrogen-bond donors (Lipinski definition) is 1. The van der Waals surface area contributed by atoms with Gasteiger partial charge in [-0.3, -0.25) is 0 Å². The first-order chi connectivity index (χ1) is 13.9. The lowest BCUT2D eigenvalue weighted by atomic mass is 9.99. The summed E-state index contributed by atoms with van der Waals surface area (Å²) in [6, 6.07) is 11.2. The maximum atomic E-state index is 14.1. The minimum absolute atomic E-state index is 0.0761. The minimum atomic E-state index is -0.741. The fourth-order valence-electron chi connectivity index (χ4n) is 3.22. The van der Waals surface area contributed by atoms with Crippen LogP contribution in [-0.4, -0.2) is 19.3 Å². The lowest BCUT2D eigenvalue weighted by Crippen LogP contribution is -2.05. The van der Waals surface area contributed by atoms with Gasteiger partial charge in [0.1, 0.15) is 17.3 Å². The number of benzene rings is 2. The van der Waals surface area contributed by atoms with E-state index in [1.54, 1.807) is 6.33 Å². The number of nitrogens with zero attached hydrogens (tertiary/aromatic N) is 4. The zero-order chi connectivity index (χ0) is 20.5. The molecule has 0 aliphatic carbocycles. The first-order valence-corrected chi connectivity index (χ1v) is 8.98. The summed E-state index contributed by atoms with van der Waals surface area (Å²) in [6.07, 6.45) is 5.29. The van der Waals surface area contributed by atoms with Gasteiger partial charge in [-0.25, -0.2) is 18.4 Å². The standard InChI is InChI=1S/C22H19F2N5/c1-14-11-28(13-26-14)12-16-4-3-5-17(8-16)15(2)19-10-27-29(22(19)25)21-7-6-18(23)9-20(21)24/h3-11,13H,2,12,25H2,1H3. The van der Waals surface area contributed by atoms with E-state index >= 15 is 0 Å². The van der Waals surface area contributed by atoms with Crippen LogP contribution in [0.5, 0.6) is 0 Å². The molecule has 4 aromatic rings. The fraction of sp³-hybridized carbons (Fsp3) is 0.0909. The number of rotatable bonds is 5. The van der Waals surface area contributed by atoms with E-state index in [9.17, 15) is 8.78 Å². The Morgan fingerprint density at radius 2 is 2.00 bits per heavy atom. The molecule has 2 aromatic carbocycles. The smallest absolute Gasteiger partial charge is 0.151 e. The predicted molar refractivity (Wildman–Crippen MR) is 109 cm³/mol. The molecule has 7 heteroatoms. The molecule has 0 aliphatic heterocycles. The van der Waals surface area contributed by atoms with Crippen LogP contribution >= 0.6 is 0 Å². The molecule has 0 atom stereocenters. The largest absolute Gasteiger partial charge is 0.383 e. The highest BCUT2D eigenvalue weighted by atomic mass is 19.1. The molecule has 0 radical (unpaired) electrons. The molecule has 0 fully saturated rings. The summed E-state index contributed by atoms with van der Waals surface area (Å²) in [5.74, 6) is -1.17. The molecule has 2 aromatic heterocycles. The number of hydrogen-bond acceptors (Lipinski definition) is 3. The van der Waals surface area contributed by atoms with E-state index in [2.05, 4.69) is 16.7 Å². The highest BCUT2D eigenvalue weighted by molar-refractivity contribution is 5.83. The summed E-state index contributed by atoms with van der Waals surface area (Å²) in [7, 11) is 0. The van der Waals surface area contributed by atoms with Crippen molar-refractivity contribution in [2.24, 2.45) is 0 Å². The number of aromatic nitrogens is 4. The Hall–Kier alpha value is -3.74. The third kappa shape index (κ3) is 3.67. The van der Waals surface area contributed by atoms with Crippen LogP contribution in [0, 0.1) is 18.6 Å². The molecule has 0 bridgehead atoms. The molecule has 5 nitrogen and oxygen atoms in total.